The quantitative estimate of drug-likeness (QED) is 0.691. The highest BCUT2D eigenvalue weighted by molar-refractivity contribution is 9.10. The molecule has 0 spiro atoms. The van der Waals surface area contributed by atoms with Crippen molar-refractivity contribution in [3.8, 4) is 0 Å². The summed E-state index contributed by atoms with van der Waals surface area (Å²) in [4.78, 5) is 0. The van der Waals surface area contributed by atoms with Crippen LogP contribution in [0.4, 0.5) is 0 Å². The summed E-state index contributed by atoms with van der Waals surface area (Å²) in [6.07, 6.45) is 6.75. The van der Waals surface area contributed by atoms with Crippen molar-refractivity contribution in [1.82, 2.24) is 5.32 Å². The van der Waals surface area contributed by atoms with Gasteiger partial charge in [0.2, 0.25) is 0 Å². The third-order valence-corrected chi connectivity index (χ3v) is 5.08. The Balaban J connectivity index is 2.04. The highest BCUT2D eigenvalue weighted by Gasteiger charge is 2.22. The van der Waals surface area contributed by atoms with Gasteiger partial charge < -0.3 is 5.32 Å². The zero-order chi connectivity index (χ0) is 13.8. The lowest BCUT2D eigenvalue weighted by Gasteiger charge is -2.27. The minimum atomic E-state index is 0.311. The Hall–Kier alpha value is -0.0500. The van der Waals surface area contributed by atoms with Crippen molar-refractivity contribution >= 4 is 27.5 Å². The zero-order valence-electron chi connectivity index (χ0n) is 11.8. The average molecular weight is 345 g/mol. The van der Waals surface area contributed by atoms with Gasteiger partial charge >= 0.3 is 0 Å². The molecule has 0 bridgehead atoms. The monoisotopic (exact) mass is 343 g/mol. The molecule has 1 nitrogen and oxygen atoms in total. The van der Waals surface area contributed by atoms with Crippen LogP contribution in [0.15, 0.2) is 22.7 Å². The molecule has 1 N–H and O–H groups in total. The number of nitrogens with one attached hydrogen (secondary N) is 1. The highest BCUT2D eigenvalue weighted by atomic mass is 79.9. The van der Waals surface area contributed by atoms with E-state index >= 15 is 0 Å². The third kappa shape index (κ3) is 4.21. The normalized spacial score (nSPS) is 25.9. The van der Waals surface area contributed by atoms with Crippen LogP contribution in [0.25, 0.3) is 0 Å². The fourth-order valence-corrected chi connectivity index (χ4v) is 3.84. The van der Waals surface area contributed by atoms with Gasteiger partial charge in [-0.25, -0.2) is 0 Å². The smallest absolute Gasteiger partial charge is 0.0464 e. The van der Waals surface area contributed by atoms with E-state index in [1.54, 1.807) is 0 Å². The van der Waals surface area contributed by atoms with E-state index in [1.165, 1.54) is 37.7 Å². The Morgan fingerprint density at radius 1 is 1.26 bits per heavy atom. The molecule has 1 saturated carbocycles. The number of hydrogen-bond acceptors (Lipinski definition) is 1. The van der Waals surface area contributed by atoms with Gasteiger partial charge in [0, 0.05) is 21.6 Å². The van der Waals surface area contributed by atoms with E-state index in [0.29, 0.717) is 12.1 Å². The molecule has 0 heterocycles. The molecule has 1 fully saturated rings. The maximum Gasteiger partial charge on any atom is 0.0464 e. The van der Waals surface area contributed by atoms with E-state index in [0.717, 1.165) is 15.4 Å². The molecule has 0 saturated heterocycles. The summed E-state index contributed by atoms with van der Waals surface area (Å²) in [7, 11) is 0. The molecule has 3 unspecified atom stereocenters. The Morgan fingerprint density at radius 3 is 2.74 bits per heavy atom. The van der Waals surface area contributed by atoms with Crippen LogP contribution in [0.1, 0.15) is 57.6 Å². The lowest BCUT2D eigenvalue weighted by molar-refractivity contribution is 0.330. The van der Waals surface area contributed by atoms with Crippen LogP contribution in [0.2, 0.25) is 5.02 Å². The topological polar surface area (TPSA) is 12.0 Å². The number of halogens is 2. The van der Waals surface area contributed by atoms with Crippen LogP contribution in [-0.2, 0) is 0 Å². The second-order valence-corrected chi connectivity index (χ2v) is 7.10. The van der Waals surface area contributed by atoms with Crippen LogP contribution in [0.5, 0.6) is 0 Å². The maximum absolute atomic E-state index is 6.34. The average Bonchev–Trinajstić information content (AvgIpc) is 2.55. The van der Waals surface area contributed by atoms with E-state index in [1.807, 2.05) is 6.07 Å². The molecule has 0 amide bonds. The van der Waals surface area contributed by atoms with E-state index < -0.39 is 0 Å². The van der Waals surface area contributed by atoms with Gasteiger partial charge in [-0.15, -0.1) is 0 Å². The predicted octanol–water partition coefficient (Wildman–Crippen LogP) is 5.72. The third-order valence-electron chi connectivity index (χ3n) is 4.25. The summed E-state index contributed by atoms with van der Waals surface area (Å²) >= 11 is 9.80. The van der Waals surface area contributed by atoms with E-state index in [2.05, 4.69) is 47.2 Å². The van der Waals surface area contributed by atoms with Gasteiger partial charge in [-0.1, -0.05) is 59.8 Å². The van der Waals surface area contributed by atoms with Crippen LogP contribution < -0.4 is 5.32 Å². The molecule has 3 atom stereocenters. The first-order valence-corrected chi connectivity index (χ1v) is 8.46. The molecule has 0 radical (unpaired) electrons. The van der Waals surface area contributed by atoms with Crippen molar-refractivity contribution in [3.63, 3.8) is 0 Å². The standard InChI is InChI=1S/C16H23BrClN/c1-11-6-4-3-5-7-16(11)19-12(2)14-9-8-13(17)10-15(14)18/h8-12,16,19H,3-7H2,1-2H3. The first-order valence-electron chi connectivity index (χ1n) is 7.29. The minimum absolute atomic E-state index is 0.311. The largest absolute Gasteiger partial charge is 0.307 e. The number of benzene rings is 1. The van der Waals surface area contributed by atoms with Gasteiger partial charge in [0.15, 0.2) is 0 Å². The van der Waals surface area contributed by atoms with Gasteiger partial charge in [0.05, 0.1) is 0 Å². The van der Waals surface area contributed by atoms with Crippen molar-refractivity contribution in [2.45, 2.75) is 58.0 Å². The fourth-order valence-electron chi connectivity index (χ4n) is 3.00. The first-order chi connectivity index (χ1) is 9.08. The molecule has 106 valence electrons. The summed E-state index contributed by atoms with van der Waals surface area (Å²) in [5.41, 5.74) is 1.20. The zero-order valence-corrected chi connectivity index (χ0v) is 14.1. The maximum atomic E-state index is 6.34. The van der Waals surface area contributed by atoms with E-state index in [9.17, 15) is 0 Å². The Bertz CT molecular complexity index is 421. The highest BCUT2D eigenvalue weighted by Crippen LogP contribution is 2.29. The lowest BCUT2D eigenvalue weighted by Crippen LogP contribution is -2.36. The van der Waals surface area contributed by atoms with Crippen molar-refractivity contribution in [2.24, 2.45) is 5.92 Å². The van der Waals surface area contributed by atoms with Gasteiger partial charge in [0.25, 0.3) is 0 Å². The van der Waals surface area contributed by atoms with Crippen molar-refractivity contribution in [1.29, 1.82) is 0 Å². The SMILES string of the molecule is CC(NC1CCCCCC1C)c1ccc(Br)cc1Cl. The minimum Gasteiger partial charge on any atom is -0.307 e. The Morgan fingerprint density at radius 2 is 2.00 bits per heavy atom. The molecule has 2 rings (SSSR count). The van der Waals surface area contributed by atoms with Gasteiger partial charge in [-0.2, -0.15) is 0 Å². The molecule has 3 heteroatoms. The van der Waals surface area contributed by atoms with Crippen molar-refractivity contribution < 1.29 is 0 Å². The van der Waals surface area contributed by atoms with Crippen molar-refractivity contribution in [2.75, 3.05) is 0 Å². The summed E-state index contributed by atoms with van der Waals surface area (Å²) in [5.74, 6) is 0.763. The molecule has 19 heavy (non-hydrogen) atoms. The molecule has 1 aliphatic rings. The van der Waals surface area contributed by atoms with Crippen LogP contribution in [-0.4, -0.2) is 6.04 Å². The summed E-state index contributed by atoms with van der Waals surface area (Å²) < 4.78 is 1.04. The van der Waals surface area contributed by atoms with Crippen LogP contribution in [0, 0.1) is 5.92 Å². The second-order valence-electron chi connectivity index (χ2n) is 5.78. The first kappa shape index (κ1) is 15.3. The Kier molecular flexibility index (Phi) is 5.73. The molecule has 1 aromatic rings. The van der Waals surface area contributed by atoms with Gasteiger partial charge in [-0.3, -0.25) is 0 Å². The lowest BCUT2D eigenvalue weighted by atomic mass is 9.95. The molecular weight excluding hydrogens is 322 g/mol. The van der Waals surface area contributed by atoms with Gasteiger partial charge in [0.1, 0.15) is 0 Å². The van der Waals surface area contributed by atoms with Gasteiger partial charge in [-0.05, 0) is 43.4 Å². The fraction of sp³-hybridized carbons (Fsp3) is 0.625. The molecule has 1 aliphatic carbocycles. The predicted molar refractivity (Wildman–Crippen MR) is 86.7 cm³/mol. The molecule has 0 aromatic heterocycles. The van der Waals surface area contributed by atoms with Crippen LogP contribution >= 0.6 is 27.5 Å². The molecule has 1 aromatic carbocycles. The summed E-state index contributed by atoms with van der Waals surface area (Å²) in [5, 5.41) is 4.63. The Labute approximate surface area is 130 Å². The second kappa shape index (κ2) is 7.10. The van der Waals surface area contributed by atoms with E-state index in [-0.39, 0.29) is 0 Å². The summed E-state index contributed by atoms with van der Waals surface area (Å²) in [6.45, 7) is 4.59. The van der Waals surface area contributed by atoms with E-state index in [4.69, 9.17) is 11.6 Å². The van der Waals surface area contributed by atoms with Crippen molar-refractivity contribution in [3.05, 3.63) is 33.3 Å². The summed E-state index contributed by atoms with van der Waals surface area (Å²) in [6, 6.07) is 7.09. The molecular formula is C16H23BrClN. The number of rotatable bonds is 3. The number of hydrogen-bond donors (Lipinski definition) is 1. The van der Waals surface area contributed by atoms with Crippen LogP contribution in [0.3, 0.4) is 0 Å². The molecule has 0 aliphatic heterocycles.